The van der Waals surface area contributed by atoms with Gasteiger partial charge in [-0.25, -0.2) is 19.6 Å². The normalized spacial score (nSPS) is 11.9. The summed E-state index contributed by atoms with van der Waals surface area (Å²) in [4.78, 5) is 74.1. The van der Waals surface area contributed by atoms with Crippen LogP contribution in [0.5, 0.6) is 0 Å². The van der Waals surface area contributed by atoms with E-state index in [9.17, 15) is 29.1 Å². The number of aromatic amines is 1. The molecule has 2 aromatic heterocycles. The lowest BCUT2D eigenvalue weighted by atomic mass is 10.1. The number of nitrogens with zero attached hydrogens (tertiary/aromatic N) is 3. The van der Waals surface area contributed by atoms with Crippen LogP contribution < -0.4 is 21.9 Å². The summed E-state index contributed by atoms with van der Waals surface area (Å²) >= 11 is 0. The molecular weight excluding hydrogens is 514 g/mol. The van der Waals surface area contributed by atoms with Gasteiger partial charge in [0.05, 0.1) is 18.4 Å². The number of carboxylic acid groups (broad SMARTS) is 1. The van der Waals surface area contributed by atoms with Gasteiger partial charge in [0, 0.05) is 17.7 Å². The Balaban J connectivity index is 1.53. The standard InChI is InChI=1S/C24H27N7O8/c1-24(2,3)39-23(37)38-16(32)9-8-15(21(35)36)29-19(33)12-4-6-13(7-5-12)26-10-14-11-27-18-17(28-14)20(34)31-22(25)30-18/h4-7,11,15,26H,8-10H2,1-3H3,(H,29,33)(H,35,36)(H3,25,27,30,31,34)/t15-/m0/s1. The van der Waals surface area contributed by atoms with Gasteiger partial charge in [0.2, 0.25) is 5.95 Å². The van der Waals surface area contributed by atoms with Crippen LogP contribution in [0.15, 0.2) is 35.3 Å². The number of ether oxygens (including phenoxy) is 2. The Bertz CT molecular complexity index is 1450. The fourth-order valence-electron chi connectivity index (χ4n) is 3.16. The number of H-pyrrole nitrogens is 1. The summed E-state index contributed by atoms with van der Waals surface area (Å²) in [7, 11) is 0. The number of nitrogen functional groups attached to an aromatic ring is 1. The Hall–Kier alpha value is -5.08. The van der Waals surface area contributed by atoms with Gasteiger partial charge >= 0.3 is 18.1 Å². The van der Waals surface area contributed by atoms with E-state index in [0.29, 0.717) is 11.4 Å². The molecule has 15 nitrogen and oxygen atoms in total. The highest BCUT2D eigenvalue weighted by Crippen LogP contribution is 2.13. The van der Waals surface area contributed by atoms with Crippen molar-refractivity contribution in [1.29, 1.82) is 0 Å². The Labute approximate surface area is 221 Å². The molecule has 0 radical (unpaired) electrons. The van der Waals surface area contributed by atoms with E-state index in [-0.39, 0.29) is 35.6 Å². The Morgan fingerprint density at radius 2 is 1.82 bits per heavy atom. The molecule has 0 saturated carbocycles. The first-order valence-corrected chi connectivity index (χ1v) is 11.6. The molecule has 0 aliphatic heterocycles. The third-order valence-electron chi connectivity index (χ3n) is 4.93. The Morgan fingerprint density at radius 3 is 2.46 bits per heavy atom. The number of esters is 1. The van der Waals surface area contributed by atoms with Gasteiger partial charge in [-0.05, 0) is 51.5 Å². The lowest BCUT2D eigenvalue weighted by molar-refractivity contribution is -0.142. The van der Waals surface area contributed by atoms with Crippen LogP contribution in [0.25, 0.3) is 11.2 Å². The maximum atomic E-state index is 12.6. The third kappa shape index (κ3) is 8.48. The lowest BCUT2D eigenvalue weighted by Gasteiger charge is -2.18. The van der Waals surface area contributed by atoms with E-state index in [4.69, 9.17) is 10.5 Å². The van der Waals surface area contributed by atoms with E-state index in [2.05, 4.69) is 35.3 Å². The molecule has 1 atom stereocenters. The van der Waals surface area contributed by atoms with Gasteiger partial charge in [-0.15, -0.1) is 0 Å². The van der Waals surface area contributed by atoms with Crippen molar-refractivity contribution in [3.63, 3.8) is 0 Å². The minimum atomic E-state index is -1.40. The highest BCUT2D eigenvalue weighted by Gasteiger charge is 2.24. The van der Waals surface area contributed by atoms with Crippen molar-refractivity contribution in [2.45, 2.75) is 51.8 Å². The summed E-state index contributed by atoms with van der Waals surface area (Å²) in [6.07, 6.45) is -0.495. The van der Waals surface area contributed by atoms with Crippen molar-refractivity contribution in [3.05, 3.63) is 52.1 Å². The molecule has 39 heavy (non-hydrogen) atoms. The zero-order chi connectivity index (χ0) is 28.7. The molecule has 0 spiro atoms. The molecule has 0 fully saturated rings. The number of amides is 1. The monoisotopic (exact) mass is 541 g/mol. The van der Waals surface area contributed by atoms with Crippen LogP contribution in [0, 0.1) is 0 Å². The maximum Gasteiger partial charge on any atom is 0.516 e. The zero-order valence-corrected chi connectivity index (χ0v) is 21.3. The number of aliphatic carboxylic acids is 1. The molecule has 0 aliphatic rings. The number of rotatable bonds is 9. The van der Waals surface area contributed by atoms with Gasteiger partial charge in [-0.1, -0.05) is 0 Å². The molecule has 3 aromatic rings. The number of anilines is 2. The van der Waals surface area contributed by atoms with Crippen LogP contribution in [0.3, 0.4) is 0 Å². The number of nitrogens with two attached hydrogens (primary N) is 1. The average Bonchev–Trinajstić information content (AvgIpc) is 2.84. The highest BCUT2D eigenvalue weighted by atomic mass is 16.7. The molecule has 2 heterocycles. The lowest BCUT2D eigenvalue weighted by Crippen LogP contribution is -2.41. The number of hydrogen-bond donors (Lipinski definition) is 5. The van der Waals surface area contributed by atoms with E-state index < -0.39 is 47.6 Å². The zero-order valence-electron chi connectivity index (χ0n) is 21.3. The Kier molecular flexibility index (Phi) is 8.75. The molecule has 1 aromatic carbocycles. The van der Waals surface area contributed by atoms with Crippen molar-refractivity contribution in [3.8, 4) is 0 Å². The summed E-state index contributed by atoms with van der Waals surface area (Å²) in [5, 5.41) is 14.8. The minimum absolute atomic E-state index is 0.0432. The van der Waals surface area contributed by atoms with Crippen LogP contribution in [0.2, 0.25) is 0 Å². The summed E-state index contributed by atoms with van der Waals surface area (Å²) in [6.45, 7) is 4.98. The van der Waals surface area contributed by atoms with E-state index >= 15 is 0 Å². The third-order valence-corrected chi connectivity index (χ3v) is 4.93. The fourth-order valence-corrected chi connectivity index (χ4v) is 3.16. The second-order valence-electron chi connectivity index (χ2n) is 9.26. The number of benzene rings is 1. The van der Waals surface area contributed by atoms with Gasteiger partial charge in [-0.2, -0.15) is 4.98 Å². The molecule has 3 rings (SSSR count). The highest BCUT2D eigenvalue weighted by molar-refractivity contribution is 5.97. The van der Waals surface area contributed by atoms with E-state index in [1.807, 2.05) is 0 Å². The quantitative estimate of drug-likeness (QED) is 0.190. The number of carboxylic acids is 1. The summed E-state index contributed by atoms with van der Waals surface area (Å²) in [5.41, 5.74) is 5.52. The number of hydrogen-bond acceptors (Lipinski definition) is 12. The van der Waals surface area contributed by atoms with Gasteiger partial charge < -0.3 is 30.9 Å². The summed E-state index contributed by atoms with van der Waals surface area (Å²) in [5.74, 6) is -3.09. The maximum absolute atomic E-state index is 12.6. The van der Waals surface area contributed by atoms with Crippen molar-refractivity contribution in [2.75, 3.05) is 11.1 Å². The number of fused-ring (bicyclic) bond motifs is 1. The van der Waals surface area contributed by atoms with Gasteiger partial charge in [0.1, 0.15) is 11.6 Å². The number of carbonyl (C=O) groups excluding carboxylic acids is 3. The Morgan fingerprint density at radius 1 is 1.13 bits per heavy atom. The van der Waals surface area contributed by atoms with Crippen LogP contribution in [-0.2, 0) is 25.6 Å². The molecule has 206 valence electrons. The van der Waals surface area contributed by atoms with Crippen molar-refractivity contribution in [1.82, 2.24) is 25.3 Å². The largest absolute Gasteiger partial charge is 0.516 e. The first kappa shape index (κ1) is 28.5. The summed E-state index contributed by atoms with van der Waals surface area (Å²) in [6, 6.07) is 4.72. The molecule has 0 unspecified atom stereocenters. The van der Waals surface area contributed by atoms with Gasteiger partial charge in [-0.3, -0.25) is 19.4 Å². The molecule has 1 amide bonds. The molecule has 0 bridgehead atoms. The second-order valence-corrected chi connectivity index (χ2v) is 9.26. The number of aromatic nitrogens is 4. The summed E-state index contributed by atoms with van der Waals surface area (Å²) < 4.78 is 9.36. The van der Waals surface area contributed by atoms with Crippen molar-refractivity contribution < 1.29 is 33.8 Å². The second kappa shape index (κ2) is 12.0. The SMILES string of the molecule is CC(C)(C)OC(=O)OC(=O)CC[C@H](NC(=O)c1ccc(NCc2cnc3nc(N)[nH]c(=O)c3n2)cc1)C(=O)O. The minimum Gasteiger partial charge on any atom is -0.480 e. The number of carbonyl (C=O) groups is 4. The van der Waals surface area contributed by atoms with Gasteiger partial charge in [0.15, 0.2) is 11.2 Å². The van der Waals surface area contributed by atoms with Crippen molar-refractivity contribution >= 4 is 46.8 Å². The average molecular weight is 542 g/mol. The molecule has 0 aliphatic carbocycles. The molecule has 0 saturated heterocycles. The first-order chi connectivity index (χ1) is 18.3. The van der Waals surface area contributed by atoms with E-state index in [1.54, 1.807) is 32.9 Å². The van der Waals surface area contributed by atoms with Gasteiger partial charge in [0.25, 0.3) is 11.5 Å². The predicted molar refractivity (Wildman–Crippen MR) is 137 cm³/mol. The van der Waals surface area contributed by atoms with Crippen LogP contribution in [0.4, 0.5) is 16.4 Å². The van der Waals surface area contributed by atoms with E-state index in [1.165, 1.54) is 18.3 Å². The van der Waals surface area contributed by atoms with Crippen LogP contribution in [-0.4, -0.2) is 60.7 Å². The molecular formula is C24H27N7O8. The van der Waals surface area contributed by atoms with E-state index in [0.717, 1.165) is 0 Å². The fraction of sp³-hybridized carbons (Fsp3) is 0.333. The van der Waals surface area contributed by atoms with Crippen LogP contribution in [0.1, 0.15) is 49.7 Å². The van der Waals surface area contributed by atoms with Crippen molar-refractivity contribution in [2.24, 2.45) is 0 Å². The molecule has 15 heteroatoms. The first-order valence-electron chi connectivity index (χ1n) is 11.6. The molecule has 6 N–H and O–H groups in total. The topological polar surface area (TPSA) is 229 Å². The predicted octanol–water partition coefficient (Wildman–Crippen LogP) is 1.35. The number of nitrogens with one attached hydrogen (secondary N) is 3. The smallest absolute Gasteiger partial charge is 0.480 e. The van der Waals surface area contributed by atoms with Crippen LogP contribution >= 0.6 is 0 Å².